The van der Waals surface area contributed by atoms with Crippen molar-refractivity contribution >= 4 is 5.97 Å². The third-order valence-corrected chi connectivity index (χ3v) is 1.49. The molecule has 1 heterocycles. The van der Waals surface area contributed by atoms with Gasteiger partial charge in [-0.3, -0.25) is 9.78 Å². The normalized spacial score (nSPS) is 10.1. The molecule has 15 heavy (non-hydrogen) atoms. The highest BCUT2D eigenvalue weighted by molar-refractivity contribution is 5.66. The van der Waals surface area contributed by atoms with Gasteiger partial charge in [-0.25, -0.2) is 8.78 Å². The van der Waals surface area contributed by atoms with Crippen LogP contribution in [0, 0.1) is 0 Å². The molecule has 0 saturated carbocycles. The number of rotatable bonds is 2. The Morgan fingerprint density at radius 1 is 1.47 bits per heavy atom. The zero-order valence-electron chi connectivity index (χ0n) is 8.58. The van der Waals surface area contributed by atoms with E-state index in [1.54, 1.807) is 6.92 Å². The highest BCUT2D eigenvalue weighted by Gasteiger charge is 2.23. The fourth-order valence-corrected chi connectivity index (χ4v) is 0.645. The fraction of sp³-hybridized carbons (Fsp3) is 0.400. The van der Waals surface area contributed by atoms with Crippen LogP contribution in [0.1, 0.15) is 25.8 Å². The van der Waals surface area contributed by atoms with E-state index in [0.29, 0.717) is 0 Å². The summed E-state index contributed by atoms with van der Waals surface area (Å²) in [6.45, 7) is 2.46. The summed E-state index contributed by atoms with van der Waals surface area (Å²) in [5.74, 6) is -3.49. The van der Waals surface area contributed by atoms with Crippen LogP contribution < -0.4 is 0 Å². The van der Waals surface area contributed by atoms with E-state index < -0.39 is 11.9 Å². The van der Waals surface area contributed by atoms with Gasteiger partial charge in [0.15, 0.2) is 0 Å². The summed E-state index contributed by atoms with van der Waals surface area (Å²) < 4.78 is 24.9. The van der Waals surface area contributed by atoms with Crippen LogP contribution in [0.15, 0.2) is 24.5 Å². The lowest BCUT2D eigenvalue weighted by Gasteiger charge is -2.08. The summed E-state index contributed by atoms with van der Waals surface area (Å²) in [4.78, 5) is 13.0. The summed E-state index contributed by atoms with van der Waals surface area (Å²) in [5.41, 5.74) is 0.00231. The first-order valence-electron chi connectivity index (χ1n) is 4.38. The Balaban J connectivity index is 0.000000336. The number of nitrogens with zero attached hydrogens (tertiary/aromatic N) is 1. The van der Waals surface area contributed by atoms with Crippen molar-refractivity contribution in [1.29, 1.82) is 0 Å². The number of halogens is 2. The maximum absolute atomic E-state index is 12.4. The van der Waals surface area contributed by atoms with E-state index in [9.17, 15) is 13.6 Å². The van der Waals surface area contributed by atoms with Gasteiger partial charge in [0, 0.05) is 31.3 Å². The maximum atomic E-state index is 12.4. The predicted molar refractivity (Wildman–Crippen MR) is 51.7 cm³/mol. The average Bonchev–Trinajstić information content (AvgIpc) is 2.19. The molecule has 0 aliphatic rings. The van der Waals surface area contributed by atoms with E-state index in [1.165, 1.54) is 24.5 Å². The predicted octanol–water partition coefficient (Wildman–Crippen LogP) is 2.67. The van der Waals surface area contributed by atoms with Gasteiger partial charge in [0.1, 0.15) is 0 Å². The Hall–Kier alpha value is -1.52. The lowest BCUT2D eigenvalue weighted by Crippen LogP contribution is -2.06. The van der Waals surface area contributed by atoms with Crippen LogP contribution in [0.3, 0.4) is 0 Å². The smallest absolute Gasteiger partial charge is 0.303 e. The number of carboxylic acids is 1. The molecule has 1 aromatic rings. The number of carbonyl (C=O) groups is 1. The molecule has 0 aliphatic carbocycles. The van der Waals surface area contributed by atoms with Crippen molar-refractivity contribution in [3.05, 3.63) is 30.1 Å². The SMILES string of the molecule is CC(F)(F)c1ccncc1.CCC(=O)O. The van der Waals surface area contributed by atoms with Crippen LogP contribution >= 0.6 is 0 Å². The van der Waals surface area contributed by atoms with E-state index >= 15 is 0 Å². The fourth-order valence-electron chi connectivity index (χ4n) is 0.645. The Morgan fingerprint density at radius 3 is 2.07 bits per heavy atom. The van der Waals surface area contributed by atoms with Gasteiger partial charge in [0.05, 0.1) is 0 Å². The van der Waals surface area contributed by atoms with Gasteiger partial charge >= 0.3 is 5.97 Å². The van der Waals surface area contributed by atoms with Gasteiger partial charge in [-0.05, 0) is 12.1 Å². The van der Waals surface area contributed by atoms with Crippen LogP contribution in [-0.4, -0.2) is 16.1 Å². The first-order valence-corrected chi connectivity index (χ1v) is 4.38. The van der Waals surface area contributed by atoms with Gasteiger partial charge in [-0.1, -0.05) is 6.92 Å². The molecular weight excluding hydrogens is 204 g/mol. The molecule has 0 aromatic carbocycles. The highest BCUT2D eigenvalue weighted by atomic mass is 19.3. The lowest BCUT2D eigenvalue weighted by molar-refractivity contribution is -0.136. The van der Waals surface area contributed by atoms with Gasteiger partial charge < -0.3 is 5.11 Å². The van der Waals surface area contributed by atoms with Gasteiger partial charge in [-0.2, -0.15) is 0 Å². The Morgan fingerprint density at radius 2 is 1.87 bits per heavy atom. The zero-order chi connectivity index (χ0) is 11.9. The molecule has 0 aliphatic heterocycles. The van der Waals surface area contributed by atoms with Crippen molar-refractivity contribution in [3.8, 4) is 0 Å². The van der Waals surface area contributed by atoms with E-state index in [-0.39, 0.29) is 12.0 Å². The molecule has 0 spiro atoms. The maximum Gasteiger partial charge on any atom is 0.303 e. The lowest BCUT2D eigenvalue weighted by atomic mass is 10.2. The minimum atomic E-state index is -2.75. The standard InChI is InChI=1S/C7H7F2N.C3H6O2/c1-7(8,9)6-2-4-10-5-3-6;1-2-3(4)5/h2-5H,1H3;2H2,1H3,(H,4,5). The molecule has 0 fully saturated rings. The Labute approximate surface area is 86.8 Å². The van der Waals surface area contributed by atoms with Gasteiger partial charge in [0.2, 0.25) is 0 Å². The van der Waals surface area contributed by atoms with Crippen molar-refractivity contribution in [2.24, 2.45) is 0 Å². The summed E-state index contributed by atoms with van der Waals surface area (Å²) in [5, 5.41) is 7.72. The number of hydrogen-bond donors (Lipinski definition) is 1. The second-order valence-electron chi connectivity index (χ2n) is 2.87. The summed E-state index contributed by atoms with van der Waals surface area (Å²) in [7, 11) is 0. The molecule has 0 amide bonds. The van der Waals surface area contributed by atoms with Crippen molar-refractivity contribution in [1.82, 2.24) is 4.98 Å². The second-order valence-corrected chi connectivity index (χ2v) is 2.87. The molecule has 84 valence electrons. The van der Waals surface area contributed by atoms with E-state index in [1.807, 2.05) is 0 Å². The average molecular weight is 217 g/mol. The largest absolute Gasteiger partial charge is 0.481 e. The monoisotopic (exact) mass is 217 g/mol. The zero-order valence-corrected chi connectivity index (χ0v) is 8.58. The molecule has 1 aromatic heterocycles. The second kappa shape index (κ2) is 6.06. The Kier molecular flexibility index (Phi) is 5.44. The number of pyridine rings is 1. The summed E-state index contributed by atoms with van der Waals surface area (Å²) >= 11 is 0. The molecular formula is C10H13F2NO2. The summed E-state index contributed by atoms with van der Waals surface area (Å²) in [6.07, 6.45) is 2.93. The van der Waals surface area contributed by atoms with Crippen molar-refractivity contribution < 1.29 is 18.7 Å². The minimum Gasteiger partial charge on any atom is -0.481 e. The molecule has 3 nitrogen and oxygen atoms in total. The molecule has 0 unspecified atom stereocenters. The van der Waals surface area contributed by atoms with Crippen molar-refractivity contribution in [2.75, 3.05) is 0 Å². The first-order chi connectivity index (χ1) is 6.88. The van der Waals surface area contributed by atoms with Crippen LogP contribution in [0.2, 0.25) is 0 Å². The molecule has 1 rings (SSSR count). The quantitative estimate of drug-likeness (QED) is 0.828. The number of aliphatic carboxylic acids is 1. The van der Waals surface area contributed by atoms with Gasteiger partial charge in [-0.15, -0.1) is 0 Å². The summed E-state index contributed by atoms with van der Waals surface area (Å²) in [6, 6.07) is 2.61. The third-order valence-electron chi connectivity index (χ3n) is 1.49. The first kappa shape index (κ1) is 13.5. The van der Waals surface area contributed by atoms with Crippen molar-refractivity contribution in [3.63, 3.8) is 0 Å². The van der Waals surface area contributed by atoms with Crippen LogP contribution in [0.4, 0.5) is 8.78 Å². The topological polar surface area (TPSA) is 50.2 Å². The third kappa shape index (κ3) is 6.54. The molecule has 1 N–H and O–H groups in total. The Bertz CT molecular complexity index is 296. The van der Waals surface area contributed by atoms with Gasteiger partial charge in [0.25, 0.3) is 5.92 Å². The van der Waals surface area contributed by atoms with Crippen LogP contribution in [-0.2, 0) is 10.7 Å². The molecule has 0 radical (unpaired) electrons. The number of alkyl halides is 2. The van der Waals surface area contributed by atoms with E-state index in [0.717, 1.165) is 6.92 Å². The minimum absolute atomic E-state index is 0.00231. The van der Waals surface area contributed by atoms with Crippen LogP contribution in [0.25, 0.3) is 0 Å². The number of aromatic nitrogens is 1. The molecule has 5 heteroatoms. The molecule has 0 saturated heterocycles. The highest BCUT2D eigenvalue weighted by Crippen LogP contribution is 2.25. The van der Waals surface area contributed by atoms with E-state index in [4.69, 9.17) is 5.11 Å². The molecule has 0 bridgehead atoms. The molecule has 0 atom stereocenters. The van der Waals surface area contributed by atoms with E-state index in [2.05, 4.69) is 4.98 Å². The van der Waals surface area contributed by atoms with Crippen LogP contribution in [0.5, 0.6) is 0 Å². The van der Waals surface area contributed by atoms with Crippen molar-refractivity contribution in [2.45, 2.75) is 26.2 Å². The number of hydrogen-bond acceptors (Lipinski definition) is 2. The number of carboxylic acid groups (broad SMARTS) is 1.